The smallest absolute Gasteiger partial charge is 0.258 e. The van der Waals surface area contributed by atoms with E-state index in [4.69, 9.17) is 16.1 Å². The molecule has 0 saturated carbocycles. The Kier molecular flexibility index (Phi) is 3.74. The maximum atomic E-state index is 10.5. The lowest BCUT2D eigenvalue weighted by atomic mass is 9.92. The van der Waals surface area contributed by atoms with Gasteiger partial charge in [0.25, 0.3) is 5.89 Å². The van der Waals surface area contributed by atoms with Crippen LogP contribution in [0.3, 0.4) is 0 Å². The molecular weight excluding hydrogens is 278 g/mol. The Morgan fingerprint density at radius 1 is 1.35 bits per heavy atom. The SMILES string of the molecule is OC1(c2nc(Cc3cccc(Cl)c3)no2)CCNCC1. The van der Waals surface area contributed by atoms with E-state index in [9.17, 15) is 5.11 Å². The molecular formula is C14H16ClN3O2. The van der Waals surface area contributed by atoms with Crippen molar-refractivity contribution in [3.05, 3.63) is 46.6 Å². The third-order valence-electron chi connectivity index (χ3n) is 3.55. The Labute approximate surface area is 122 Å². The van der Waals surface area contributed by atoms with Gasteiger partial charge in [-0.25, -0.2) is 0 Å². The van der Waals surface area contributed by atoms with Gasteiger partial charge in [-0.1, -0.05) is 28.9 Å². The maximum Gasteiger partial charge on any atom is 0.258 e. The van der Waals surface area contributed by atoms with Gasteiger partial charge in [0, 0.05) is 11.4 Å². The molecule has 3 rings (SSSR count). The minimum atomic E-state index is -0.995. The lowest BCUT2D eigenvalue weighted by Crippen LogP contribution is -2.39. The first-order valence-electron chi connectivity index (χ1n) is 6.66. The molecule has 0 radical (unpaired) electrons. The Hall–Kier alpha value is -1.43. The molecule has 0 atom stereocenters. The van der Waals surface area contributed by atoms with Crippen LogP contribution in [-0.2, 0) is 12.0 Å². The van der Waals surface area contributed by atoms with Gasteiger partial charge >= 0.3 is 0 Å². The van der Waals surface area contributed by atoms with Crippen molar-refractivity contribution in [1.82, 2.24) is 15.5 Å². The third-order valence-corrected chi connectivity index (χ3v) is 3.78. The van der Waals surface area contributed by atoms with E-state index in [0.717, 1.165) is 18.7 Å². The second-order valence-corrected chi connectivity index (χ2v) is 5.54. The Morgan fingerprint density at radius 2 is 2.15 bits per heavy atom. The quantitative estimate of drug-likeness (QED) is 0.904. The number of aliphatic hydroxyl groups is 1. The van der Waals surface area contributed by atoms with Crippen molar-refractivity contribution in [3.8, 4) is 0 Å². The highest BCUT2D eigenvalue weighted by atomic mass is 35.5. The normalized spacial score (nSPS) is 18.1. The van der Waals surface area contributed by atoms with Crippen molar-refractivity contribution < 1.29 is 9.63 Å². The molecule has 1 aliphatic rings. The first kappa shape index (κ1) is 13.5. The second-order valence-electron chi connectivity index (χ2n) is 5.10. The molecule has 6 heteroatoms. The molecule has 106 valence electrons. The Morgan fingerprint density at radius 3 is 2.90 bits per heavy atom. The van der Waals surface area contributed by atoms with Gasteiger partial charge in [0.05, 0.1) is 0 Å². The van der Waals surface area contributed by atoms with Crippen molar-refractivity contribution in [1.29, 1.82) is 0 Å². The van der Waals surface area contributed by atoms with Crippen LogP contribution in [0.15, 0.2) is 28.8 Å². The van der Waals surface area contributed by atoms with Crippen LogP contribution in [0.5, 0.6) is 0 Å². The molecule has 0 amide bonds. The van der Waals surface area contributed by atoms with Gasteiger partial charge in [0.1, 0.15) is 5.60 Å². The molecule has 2 N–H and O–H groups in total. The number of halogens is 1. The summed E-state index contributed by atoms with van der Waals surface area (Å²) in [5.41, 5.74) is 0.0207. The van der Waals surface area contributed by atoms with E-state index in [0.29, 0.717) is 36.0 Å². The molecule has 1 saturated heterocycles. The van der Waals surface area contributed by atoms with Crippen molar-refractivity contribution in [2.75, 3.05) is 13.1 Å². The van der Waals surface area contributed by atoms with Crippen LogP contribution in [-0.4, -0.2) is 28.3 Å². The zero-order valence-corrected chi connectivity index (χ0v) is 11.7. The van der Waals surface area contributed by atoms with Crippen molar-refractivity contribution in [2.45, 2.75) is 24.9 Å². The van der Waals surface area contributed by atoms with Crippen LogP contribution in [0.4, 0.5) is 0 Å². The predicted molar refractivity (Wildman–Crippen MR) is 74.6 cm³/mol. The van der Waals surface area contributed by atoms with Crippen LogP contribution < -0.4 is 5.32 Å². The fraction of sp³-hybridized carbons (Fsp3) is 0.429. The Balaban J connectivity index is 1.76. The van der Waals surface area contributed by atoms with E-state index in [1.165, 1.54) is 0 Å². The largest absolute Gasteiger partial charge is 0.380 e. The summed E-state index contributed by atoms with van der Waals surface area (Å²) >= 11 is 5.95. The highest BCUT2D eigenvalue weighted by molar-refractivity contribution is 6.30. The van der Waals surface area contributed by atoms with Crippen molar-refractivity contribution in [3.63, 3.8) is 0 Å². The standard InChI is InChI=1S/C14H16ClN3O2/c15-11-3-1-2-10(8-11)9-12-17-13(20-18-12)14(19)4-6-16-7-5-14/h1-3,8,16,19H,4-7,9H2. The first-order valence-corrected chi connectivity index (χ1v) is 7.04. The van der Waals surface area contributed by atoms with Gasteiger partial charge in [-0.3, -0.25) is 0 Å². The molecule has 20 heavy (non-hydrogen) atoms. The van der Waals surface area contributed by atoms with Gasteiger partial charge in [0.2, 0.25) is 0 Å². The number of hydrogen-bond acceptors (Lipinski definition) is 5. The molecule has 1 aromatic carbocycles. The lowest BCUT2D eigenvalue weighted by molar-refractivity contribution is -0.0228. The average molecular weight is 294 g/mol. The summed E-state index contributed by atoms with van der Waals surface area (Å²) in [5.74, 6) is 0.880. The predicted octanol–water partition coefficient (Wildman–Crippen LogP) is 1.88. The molecule has 1 aliphatic heterocycles. The van der Waals surface area contributed by atoms with Gasteiger partial charge in [-0.15, -0.1) is 0 Å². The van der Waals surface area contributed by atoms with E-state index < -0.39 is 5.60 Å². The van der Waals surface area contributed by atoms with E-state index in [1.807, 2.05) is 24.3 Å². The summed E-state index contributed by atoms with van der Waals surface area (Å²) in [4.78, 5) is 4.33. The summed E-state index contributed by atoms with van der Waals surface area (Å²) in [6, 6.07) is 7.54. The Bertz CT molecular complexity index is 594. The van der Waals surface area contributed by atoms with Crippen LogP contribution in [0, 0.1) is 0 Å². The molecule has 0 aliphatic carbocycles. The first-order chi connectivity index (χ1) is 9.66. The molecule has 0 bridgehead atoms. The fourth-order valence-corrected chi connectivity index (χ4v) is 2.61. The topological polar surface area (TPSA) is 71.2 Å². The summed E-state index contributed by atoms with van der Waals surface area (Å²) in [6.07, 6.45) is 1.72. The summed E-state index contributed by atoms with van der Waals surface area (Å²) in [6.45, 7) is 1.50. The molecule has 5 nitrogen and oxygen atoms in total. The number of aromatic nitrogens is 2. The molecule has 2 heterocycles. The minimum absolute atomic E-state index is 0.316. The average Bonchev–Trinajstić information content (AvgIpc) is 2.89. The number of nitrogens with zero attached hydrogens (tertiary/aromatic N) is 2. The van der Waals surface area contributed by atoms with Gasteiger partial charge in [0.15, 0.2) is 5.82 Å². The number of nitrogens with one attached hydrogen (secondary N) is 1. The minimum Gasteiger partial charge on any atom is -0.380 e. The van der Waals surface area contributed by atoms with E-state index in [2.05, 4.69) is 15.5 Å². The van der Waals surface area contributed by atoms with E-state index >= 15 is 0 Å². The highest BCUT2D eigenvalue weighted by Crippen LogP contribution is 2.29. The van der Waals surface area contributed by atoms with Crippen LogP contribution in [0.2, 0.25) is 5.02 Å². The summed E-state index contributed by atoms with van der Waals surface area (Å²) < 4.78 is 5.24. The molecule has 2 aromatic rings. The number of benzene rings is 1. The van der Waals surface area contributed by atoms with Crippen molar-refractivity contribution >= 4 is 11.6 Å². The van der Waals surface area contributed by atoms with Crippen LogP contribution >= 0.6 is 11.6 Å². The second kappa shape index (κ2) is 5.52. The lowest BCUT2D eigenvalue weighted by Gasteiger charge is -2.28. The van der Waals surface area contributed by atoms with E-state index in [1.54, 1.807) is 0 Å². The number of piperidine rings is 1. The molecule has 1 aromatic heterocycles. The zero-order valence-electron chi connectivity index (χ0n) is 11.0. The van der Waals surface area contributed by atoms with Crippen LogP contribution in [0.25, 0.3) is 0 Å². The number of hydrogen-bond donors (Lipinski definition) is 2. The van der Waals surface area contributed by atoms with Gasteiger partial charge in [-0.05, 0) is 43.6 Å². The maximum absolute atomic E-state index is 10.5. The van der Waals surface area contributed by atoms with Crippen LogP contribution in [0.1, 0.15) is 30.1 Å². The van der Waals surface area contributed by atoms with Gasteiger partial charge in [-0.2, -0.15) is 4.98 Å². The third kappa shape index (κ3) is 2.85. The van der Waals surface area contributed by atoms with Gasteiger partial charge < -0.3 is 14.9 Å². The number of rotatable bonds is 3. The molecule has 0 spiro atoms. The summed E-state index contributed by atoms with van der Waals surface area (Å²) in [5, 5.41) is 18.3. The monoisotopic (exact) mass is 293 g/mol. The van der Waals surface area contributed by atoms with E-state index in [-0.39, 0.29) is 0 Å². The highest BCUT2D eigenvalue weighted by Gasteiger charge is 2.36. The zero-order chi connectivity index (χ0) is 14.0. The fourth-order valence-electron chi connectivity index (χ4n) is 2.40. The van der Waals surface area contributed by atoms with Crippen molar-refractivity contribution in [2.24, 2.45) is 0 Å². The summed E-state index contributed by atoms with van der Waals surface area (Å²) in [7, 11) is 0. The molecule has 1 fully saturated rings. The molecule has 0 unspecified atom stereocenters.